The van der Waals surface area contributed by atoms with Gasteiger partial charge in [0, 0.05) is 28.6 Å². The second kappa shape index (κ2) is 10.5. The van der Waals surface area contributed by atoms with E-state index in [1.165, 1.54) is 19.2 Å². The average Bonchev–Trinajstić information content (AvgIpc) is 3.56. The van der Waals surface area contributed by atoms with Crippen molar-refractivity contribution in [3.8, 4) is 11.5 Å². The number of benzene rings is 1. The molecule has 0 bridgehead atoms. The molecule has 224 valence electrons. The second-order valence-corrected chi connectivity index (χ2v) is 11.9. The molecular formula is C24H20N6O10S3. The average molecular weight is 649 g/mol. The number of carbonyl (C=O) groups is 4. The number of anilines is 1. The normalized spacial score (nSPS) is 20.4. The molecule has 1 saturated heterocycles. The Morgan fingerprint density at radius 1 is 1.28 bits per heavy atom. The van der Waals surface area contributed by atoms with Gasteiger partial charge in [0.1, 0.15) is 22.3 Å². The van der Waals surface area contributed by atoms with Crippen LogP contribution in [0.5, 0.6) is 11.5 Å². The predicted octanol–water partition coefficient (Wildman–Crippen LogP) is 1.13. The van der Waals surface area contributed by atoms with E-state index in [-0.39, 0.29) is 39.1 Å². The van der Waals surface area contributed by atoms with E-state index < -0.39 is 63.2 Å². The van der Waals surface area contributed by atoms with Gasteiger partial charge in [0.2, 0.25) is 11.5 Å². The van der Waals surface area contributed by atoms with Crippen LogP contribution in [0.25, 0.3) is 16.7 Å². The quantitative estimate of drug-likeness (QED) is 0.0625. The van der Waals surface area contributed by atoms with Crippen molar-refractivity contribution in [3.63, 3.8) is 0 Å². The Bertz CT molecular complexity index is 1760. The van der Waals surface area contributed by atoms with Crippen LogP contribution in [0.3, 0.4) is 0 Å². The number of oxime groups is 1. The van der Waals surface area contributed by atoms with Gasteiger partial charge in [0.05, 0.1) is 5.57 Å². The Hall–Kier alpha value is -4.75. The molecule has 43 heavy (non-hydrogen) atoms. The highest BCUT2D eigenvalue weighted by Crippen LogP contribution is 2.48. The first-order chi connectivity index (χ1) is 20.2. The van der Waals surface area contributed by atoms with Crippen molar-refractivity contribution in [3.05, 3.63) is 34.8 Å². The molecule has 0 aliphatic carbocycles. The highest BCUT2D eigenvalue weighted by molar-refractivity contribution is 8.00. The molecule has 0 unspecified atom stereocenters. The van der Waals surface area contributed by atoms with Gasteiger partial charge in [-0.05, 0) is 13.8 Å². The molecule has 16 nitrogen and oxygen atoms in total. The van der Waals surface area contributed by atoms with Crippen LogP contribution in [0, 0.1) is 0 Å². The van der Waals surface area contributed by atoms with Gasteiger partial charge < -0.3 is 40.7 Å². The minimum Gasteiger partial charge on any atom is -0.504 e. The van der Waals surface area contributed by atoms with Crippen LogP contribution in [-0.2, 0) is 24.0 Å². The number of hydrogen-bond acceptors (Lipinski definition) is 15. The lowest BCUT2D eigenvalue weighted by atomic mass is 9.87. The number of nitrogens with one attached hydrogen (secondary N) is 1. The van der Waals surface area contributed by atoms with E-state index >= 15 is 0 Å². The lowest BCUT2D eigenvalue weighted by Crippen LogP contribution is -2.80. The number of carbonyl (C=O) groups excluding carboxylic acids is 2. The lowest BCUT2D eigenvalue weighted by molar-refractivity contribution is -0.161. The number of nitrogens with two attached hydrogens (primary N) is 1. The number of thiazole rings is 1. The van der Waals surface area contributed by atoms with Crippen LogP contribution in [0.2, 0.25) is 0 Å². The molecule has 0 spiro atoms. The third-order valence-electron chi connectivity index (χ3n) is 6.42. The molecule has 2 aromatic heterocycles. The molecule has 7 N–H and O–H groups in total. The Morgan fingerprint density at radius 3 is 2.58 bits per heavy atom. The van der Waals surface area contributed by atoms with Gasteiger partial charge in [0.15, 0.2) is 33.5 Å². The minimum absolute atomic E-state index is 0.0334. The van der Waals surface area contributed by atoms with E-state index in [0.717, 1.165) is 45.5 Å². The van der Waals surface area contributed by atoms with Crippen molar-refractivity contribution in [1.82, 2.24) is 20.2 Å². The van der Waals surface area contributed by atoms with Gasteiger partial charge in [0.25, 0.3) is 11.8 Å². The van der Waals surface area contributed by atoms with Gasteiger partial charge in [-0.25, -0.2) is 19.6 Å². The number of oxazole rings is 1. The molecule has 1 fully saturated rings. The number of carboxylic acids is 2. The summed E-state index contributed by atoms with van der Waals surface area (Å²) in [5.74, 6) is -5.92. The fourth-order valence-corrected chi connectivity index (χ4v) is 6.47. The first kappa shape index (κ1) is 29.7. The summed E-state index contributed by atoms with van der Waals surface area (Å²) in [5.41, 5.74) is 1.16. The summed E-state index contributed by atoms with van der Waals surface area (Å²) in [6.45, 7) is 2.40. The molecule has 2 amide bonds. The third-order valence-corrected chi connectivity index (χ3v) is 8.82. The zero-order valence-electron chi connectivity index (χ0n) is 21.9. The van der Waals surface area contributed by atoms with Crippen molar-refractivity contribution < 1.29 is 48.9 Å². The van der Waals surface area contributed by atoms with E-state index in [4.69, 9.17) is 27.2 Å². The number of rotatable bonds is 9. The van der Waals surface area contributed by atoms with Crippen molar-refractivity contribution in [2.24, 2.45) is 5.16 Å². The highest BCUT2D eigenvalue weighted by Gasteiger charge is 2.65. The van der Waals surface area contributed by atoms with Crippen molar-refractivity contribution in [2.75, 3.05) is 11.5 Å². The zero-order chi connectivity index (χ0) is 31.4. The minimum atomic E-state index is -1.88. The summed E-state index contributed by atoms with van der Waals surface area (Å²) in [7, 11) is 0. The highest BCUT2D eigenvalue weighted by atomic mass is 32.2. The Morgan fingerprint density at radius 2 is 1.98 bits per heavy atom. The molecule has 2 aliphatic rings. The van der Waals surface area contributed by atoms with Crippen LogP contribution in [0.15, 0.2) is 32.8 Å². The van der Waals surface area contributed by atoms with E-state index in [1.807, 2.05) is 0 Å². The Labute approximate surface area is 253 Å². The molecule has 3 aromatic rings. The summed E-state index contributed by atoms with van der Waals surface area (Å²) >= 11 is 7.16. The summed E-state index contributed by atoms with van der Waals surface area (Å²) < 4.78 is 5.62. The standard InChI is InChI=1S/C24H20N6O10S3/c1-23(2,21(37)38)40-29-14(10-6-43-22(25)27-10)16(33)28-24(7-41)19(36)30-15(18(34)35)8(5-42-20(24)30)17-26-9-3-11(31)12(32)4-13(9)39-17/h3-4,6-7,20,31-32H,5H2,1-2H3,(H2,25,27)(H,28,33)(H,34,35)(H,37,38)/t20-,24+/m0/s1. The number of fused-ring (bicyclic) bond motifs is 2. The monoisotopic (exact) mass is 648 g/mol. The number of phenolic OH excluding ortho intramolecular Hbond substituents is 2. The van der Waals surface area contributed by atoms with Crippen molar-refractivity contribution in [2.45, 2.75) is 30.4 Å². The molecule has 1 aromatic carbocycles. The number of aromatic hydroxyl groups is 2. The molecule has 0 radical (unpaired) electrons. The number of nitrogen functional groups attached to an aromatic ring is 1. The number of nitrogens with zero attached hydrogens (tertiary/aromatic N) is 4. The van der Waals surface area contributed by atoms with Crippen LogP contribution < -0.4 is 11.1 Å². The smallest absolute Gasteiger partial charge is 0.353 e. The maximum Gasteiger partial charge on any atom is 0.353 e. The van der Waals surface area contributed by atoms with E-state index in [1.54, 1.807) is 0 Å². The molecular weight excluding hydrogens is 628 g/mol. The molecule has 2 aliphatic heterocycles. The fourth-order valence-electron chi connectivity index (χ4n) is 4.13. The van der Waals surface area contributed by atoms with E-state index in [0.29, 0.717) is 0 Å². The zero-order valence-corrected chi connectivity index (χ0v) is 24.4. The number of phenols is 2. The van der Waals surface area contributed by atoms with Crippen LogP contribution >= 0.6 is 35.3 Å². The fraction of sp³-hybridized carbons (Fsp3) is 0.250. The maximum absolute atomic E-state index is 13.6. The van der Waals surface area contributed by atoms with Gasteiger partial charge in [-0.1, -0.05) is 17.4 Å². The topological polar surface area (TPSA) is 251 Å². The second-order valence-electron chi connectivity index (χ2n) is 9.66. The van der Waals surface area contributed by atoms with Crippen LogP contribution in [0.4, 0.5) is 5.13 Å². The van der Waals surface area contributed by atoms with Crippen molar-refractivity contribution in [1.29, 1.82) is 0 Å². The van der Waals surface area contributed by atoms with Crippen LogP contribution in [-0.4, -0.2) is 92.4 Å². The summed E-state index contributed by atoms with van der Waals surface area (Å²) in [4.78, 5) is 65.2. The molecule has 0 saturated carbocycles. The number of amides is 2. The summed E-state index contributed by atoms with van der Waals surface area (Å²) in [6, 6.07) is 2.24. The predicted molar refractivity (Wildman–Crippen MR) is 155 cm³/mol. The number of aromatic nitrogens is 2. The lowest BCUT2D eigenvalue weighted by Gasteiger charge is -2.55. The Balaban J connectivity index is 1.49. The maximum atomic E-state index is 13.6. The number of carboxylic acid groups (broad SMARTS) is 2. The summed E-state index contributed by atoms with van der Waals surface area (Å²) in [5, 5.41) is 46.6. The molecule has 5 rings (SSSR count). The number of β-lactam (4-membered cyclic amide) rings is 1. The molecule has 2 atom stereocenters. The number of thiocarbonyl (C=S) groups is 1. The largest absolute Gasteiger partial charge is 0.504 e. The van der Waals surface area contributed by atoms with Gasteiger partial charge in [-0.15, -0.1) is 23.1 Å². The first-order valence-electron chi connectivity index (χ1n) is 11.9. The summed E-state index contributed by atoms with van der Waals surface area (Å²) in [6.07, 6.45) is 0. The SMILES string of the molecule is CC(C)(ON=C(C(=O)N[C@]1(C=S)C(=O)N2C(C(=O)O)=C(c3nc4cc(O)c(O)cc4o3)CS[C@H]21)c1csc(N)n1)C(=O)O. The van der Waals surface area contributed by atoms with E-state index in [2.05, 4.69) is 20.4 Å². The number of aliphatic carboxylic acids is 2. The number of thioether (sulfide) groups is 1. The molecule has 4 heterocycles. The van der Waals surface area contributed by atoms with E-state index in [9.17, 15) is 39.6 Å². The third kappa shape index (κ3) is 4.89. The van der Waals surface area contributed by atoms with Gasteiger partial charge in [-0.2, -0.15) is 0 Å². The van der Waals surface area contributed by atoms with Gasteiger partial charge >= 0.3 is 11.9 Å². The van der Waals surface area contributed by atoms with Gasteiger partial charge in [-0.3, -0.25) is 14.5 Å². The Kier molecular flexibility index (Phi) is 7.27. The van der Waals surface area contributed by atoms with Crippen LogP contribution in [0.1, 0.15) is 25.4 Å². The molecule has 19 heteroatoms. The number of hydrogen-bond donors (Lipinski definition) is 6. The first-order valence-corrected chi connectivity index (χ1v) is 14.3. The van der Waals surface area contributed by atoms with Crippen molar-refractivity contribution >= 4 is 92.0 Å².